The number of carboxylic acid groups (broad SMARTS) is 3. The van der Waals surface area contributed by atoms with Crippen LogP contribution < -0.4 is 34.1 Å². The molecule has 1 aliphatic heterocycles. The van der Waals surface area contributed by atoms with Crippen LogP contribution in [0, 0.1) is 0 Å². The average Bonchev–Trinajstić information content (AvgIpc) is 1.39. The molecule has 3 heterocycles. The topological polar surface area (TPSA) is 637 Å². The predicted molar refractivity (Wildman–Crippen MR) is 411 cm³/mol. The highest BCUT2D eigenvalue weighted by atomic mass is 16.6. The number of rotatable bonds is 41. The number of esters is 13. The van der Waals surface area contributed by atoms with Gasteiger partial charge < -0.3 is 87.5 Å². The molecular weight excluding hydrogens is 1660 g/mol. The number of hydrogen-bond donors (Lipinski definition) is 6. The zero-order chi connectivity index (χ0) is 92.5. The van der Waals surface area contributed by atoms with Gasteiger partial charge in [0, 0.05) is 22.3 Å². The maximum Gasteiger partial charge on any atom is 0.346 e. The van der Waals surface area contributed by atoms with Crippen LogP contribution in [0.4, 0.5) is 0 Å². The normalized spacial score (nSPS) is 10.9. The number of carbonyl (C=O) groups is 16. The number of cyclic esters (lactones) is 2. The van der Waals surface area contributed by atoms with Crippen molar-refractivity contribution in [3.05, 3.63) is 251 Å². The first kappa shape index (κ1) is 98.8. The second kappa shape index (κ2) is 47.2. The zero-order valence-electron chi connectivity index (χ0n) is 66.1. The summed E-state index contributed by atoms with van der Waals surface area (Å²) in [5, 5.41) is 55.8. The van der Waals surface area contributed by atoms with Crippen LogP contribution >= 0.6 is 0 Å². The van der Waals surface area contributed by atoms with E-state index in [1.807, 2.05) is 0 Å². The maximum absolute atomic E-state index is 13.9. The minimum absolute atomic E-state index is 0.0214. The summed E-state index contributed by atoms with van der Waals surface area (Å²) in [6.45, 7) is 8.68. The van der Waals surface area contributed by atoms with Gasteiger partial charge in [-0.25, -0.2) is 133 Å². The van der Waals surface area contributed by atoms with Gasteiger partial charge in [0.05, 0.1) is 126 Å². The molecule has 0 amide bonds. The highest BCUT2D eigenvalue weighted by Gasteiger charge is 2.32. The Morgan fingerprint density at radius 3 is 0.718 bits per heavy atom. The van der Waals surface area contributed by atoms with Gasteiger partial charge in [-0.15, -0.1) is 0 Å². The number of ether oxygens (including phenoxy) is 12. The molecule has 6 aromatic rings. The SMILES string of the molecule is C=C(C)C(=O)OCCOC(=O)c1ccc(C(=O)O)c(C(=O)OCCn2c(=O)n(CCOC(=O)c3cc(C(=O)OCCOC(=O)C(=C)C)ccc3C(=O)O)c(=O)n(CCOC(=O)c3cc(C(=O)OCCOC(=O)C(=C)C)ccc3C(=O)O)c2=O)c1.C=C(C)C(=O)OCCOC(=O)c1ccc2c(c1)C(=O)OC2=O.O=c1n(CCO)c(=O)n(CCO)c(=O)n1CCO. The van der Waals surface area contributed by atoms with Crippen LogP contribution in [-0.4, -0.2) is 246 Å². The van der Waals surface area contributed by atoms with Gasteiger partial charge in [0.15, 0.2) is 0 Å². The molecule has 46 nitrogen and oxygen atoms in total. The average molecular weight is 1740 g/mol. The second-order valence-corrected chi connectivity index (χ2v) is 25.0. The minimum Gasteiger partial charge on any atom is -0.478 e. The molecule has 6 N–H and O–H groups in total. The Bertz CT molecular complexity index is 5160. The van der Waals surface area contributed by atoms with Gasteiger partial charge in [-0.05, 0) is 100 Å². The van der Waals surface area contributed by atoms with Crippen LogP contribution in [0.2, 0.25) is 0 Å². The number of carbonyl (C=O) groups excluding carboxylic acids is 13. The highest BCUT2D eigenvalue weighted by molar-refractivity contribution is 6.15. The van der Waals surface area contributed by atoms with E-state index < -0.39 is 262 Å². The third kappa shape index (κ3) is 27.4. The Labute approximate surface area is 695 Å². The van der Waals surface area contributed by atoms with Crippen molar-refractivity contribution < 1.29 is 164 Å². The zero-order valence-corrected chi connectivity index (χ0v) is 66.1. The first-order valence-electron chi connectivity index (χ1n) is 35.9. The monoisotopic (exact) mass is 1740 g/mol. The first-order valence-corrected chi connectivity index (χ1v) is 35.9. The van der Waals surface area contributed by atoms with Crippen molar-refractivity contribution in [2.24, 2.45) is 0 Å². The lowest BCUT2D eigenvalue weighted by atomic mass is 10.0. The molecule has 660 valence electrons. The van der Waals surface area contributed by atoms with Crippen LogP contribution in [0.25, 0.3) is 0 Å². The number of benzene rings is 4. The summed E-state index contributed by atoms with van der Waals surface area (Å²) in [6, 6.07) is 11.8. The van der Waals surface area contributed by atoms with Crippen molar-refractivity contribution in [2.45, 2.75) is 67.0 Å². The molecule has 0 fully saturated rings. The highest BCUT2D eigenvalue weighted by Crippen LogP contribution is 2.23. The first-order chi connectivity index (χ1) is 58.6. The van der Waals surface area contributed by atoms with Gasteiger partial charge in [0.2, 0.25) is 0 Å². The smallest absolute Gasteiger partial charge is 0.346 e. The summed E-state index contributed by atoms with van der Waals surface area (Å²) in [5.74, 6) is -17.7. The Kier molecular flexibility index (Phi) is 37.6. The van der Waals surface area contributed by atoms with E-state index in [4.69, 9.17) is 67.4 Å². The molecule has 0 unspecified atom stereocenters. The molecule has 124 heavy (non-hydrogen) atoms. The van der Waals surface area contributed by atoms with Crippen molar-refractivity contribution in [3.8, 4) is 0 Å². The number of carboxylic acids is 3. The van der Waals surface area contributed by atoms with Gasteiger partial charge in [-0.1, -0.05) is 26.3 Å². The van der Waals surface area contributed by atoms with Gasteiger partial charge in [-0.2, -0.15) is 0 Å². The van der Waals surface area contributed by atoms with Crippen molar-refractivity contribution in [1.29, 1.82) is 0 Å². The van der Waals surface area contributed by atoms with E-state index >= 15 is 0 Å². The molecule has 0 saturated heterocycles. The molecule has 4 aromatic carbocycles. The van der Waals surface area contributed by atoms with E-state index in [2.05, 4.69) is 31.1 Å². The van der Waals surface area contributed by atoms with E-state index in [0.717, 1.165) is 54.6 Å². The van der Waals surface area contributed by atoms with E-state index in [0.29, 0.717) is 27.4 Å². The number of nitrogens with zero attached hydrogens (tertiary/aromatic N) is 6. The molecular formula is C78H78N6O40. The van der Waals surface area contributed by atoms with Crippen LogP contribution in [0.5, 0.6) is 0 Å². The van der Waals surface area contributed by atoms with Gasteiger partial charge in [-0.3, -0.25) is 0 Å². The van der Waals surface area contributed by atoms with Crippen molar-refractivity contribution >= 4 is 95.5 Å². The third-order valence-corrected chi connectivity index (χ3v) is 16.0. The Balaban J connectivity index is 0.000000548. The molecule has 0 saturated carbocycles. The summed E-state index contributed by atoms with van der Waals surface area (Å²) in [5.41, 5.74) is -11.8. The number of fused-ring (bicyclic) bond motifs is 1. The number of aromatic carboxylic acids is 3. The summed E-state index contributed by atoms with van der Waals surface area (Å²) in [4.78, 5) is 272. The van der Waals surface area contributed by atoms with Crippen molar-refractivity contribution in [2.75, 3.05) is 92.5 Å². The van der Waals surface area contributed by atoms with Crippen molar-refractivity contribution in [3.63, 3.8) is 0 Å². The lowest BCUT2D eigenvalue weighted by Crippen LogP contribution is -2.55. The Morgan fingerprint density at radius 1 is 0.274 bits per heavy atom. The largest absolute Gasteiger partial charge is 0.478 e. The molecule has 0 atom stereocenters. The quantitative estimate of drug-likeness (QED) is 0.00889. The fraction of sp³-hybridized carbons (Fsp3) is 0.308. The lowest BCUT2D eigenvalue weighted by molar-refractivity contribution is -0.140. The van der Waals surface area contributed by atoms with E-state index in [9.17, 15) is 121 Å². The molecule has 7 rings (SSSR count). The third-order valence-electron chi connectivity index (χ3n) is 16.0. The maximum atomic E-state index is 13.9. The lowest BCUT2D eigenvalue weighted by Gasteiger charge is -2.15. The molecule has 46 heteroatoms. The standard InChI is InChI=1S/C54H51N3O27.C15H12O7.C9H15N3O6/c1-28(2)43(64)79-19-22-82-46(67)31-7-10-34(40(58)59)37(25-31)49(70)76-16-13-55-52(73)56(14-17-77-50(71)38-26-32(8-11-35(38)41(60)61)47(68)83-23-20-80-44(65)29(3)4)54(75)57(53(55)74)15-18-78-51(72)39-27-33(9-12-36(39)42(62)63)48(69)84-24-21-81-45(66)30(5)6;1-8(2)12(16)20-5-6-21-13(17)9-3-4-10-11(7-9)15(19)22-14(10)18;13-4-1-10-7(16)11(2-5-14)9(18)12(3-6-15)8(10)17/h7-12,25-27H,1,3,5,13-24H2,2,4,6H3,(H,58,59)(H,60,61)(H,62,63);3-4,7H,1,5-6H2,2H3;13-15H,1-6H2. The van der Waals surface area contributed by atoms with Gasteiger partial charge in [0.1, 0.15) is 72.7 Å². The van der Waals surface area contributed by atoms with Gasteiger partial charge in [0.25, 0.3) is 0 Å². The van der Waals surface area contributed by atoms with Crippen LogP contribution in [0.1, 0.15) is 152 Å². The summed E-state index contributed by atoms with van der Waals surface area (Å²) in [7, 11) is 0. The molecule has 0 radical (unpaired) electrons. The predicted octanol–water partition coefficient (Wildman–Crippen LogP) is -0.912. The minimum atomic E-state index is -1.67. The molecule has 0 bridgehead atoms. The summed E-state index contributed by atoms with van der Waals surface area (Å²) in [6.07, 6.45) is 0. The van der Waals surface area contributed by atoms with Gasteiger partial charge >= 0.3 is 130 Å². The molecule has 2 aromatic heterocycles. The number of aliphatic hydroxyl groups excluding tert-OH is 3. The van der Waals surface area contributed by atoms with E-state index in [1.165, 1.54) is 45.9 Å². The number of aliphatic hydroxyl groups is 3. The summed E-state index contributed by atoms with van der Waals surface area (Å²) < 4.78 is 62.2. The van der Waals surface area contributed by atoms with Crippen LogP contribution in [-0.2, 0) is 115 Å². The van der Waals surface area contributed by atoms with Crippen molar-refractivity contribution in [1.82, 2.24) is 27.4 Å². The number of aromatic nitrogens is 6. The Morgan fingerprint density at radius 2 is 0.484 bits per heavy atom. The second-order valence-electron chi connectivity index (χ2n) is 25.0. The molecule has 1 aliphatic rings. The van der Waals surface area contributed by atoms with Crippen LogP contribution in [0.15, 0.2) is 150 Å². The fourth-order valence-corrected chi connectivity index (χ4v) is 9.93. The number of hydrogen-bond acceptors (Lipinski definition) is 37. The van der Waals surface area contributed by atoms with Crippen LogP contribution in [0.3, 0.4) is 0 Å². The Hall–Kier alpha value is -15.7. The summed E-state index contributed by atoms with van der Waals surface area (Å²) >= 11 is 0. The van der Waals surface area contributed by atoms with E-state index in [-0.39, 0.29) is 88.5 Å². The fourth-order valence-electron chi connectivity index (χ4n) is 9.93. The van der Waals surface area contributed by atoms with E-state index in [1.54, 1.807) is 0 Å². The molecule has 0 aliphatic carbocycles. The molecule has 0 spiro atoms.